The van der Waals surface area contributed by atoms with E-state index in [0.29, 0.717) is 12.4 Å². The van der Waals surface area contributed by atoms with E-state index in [1.165, 1.54) is 0 Å². The van der Waals surface area contributed by atoms with Gasteiger partial charge in [0, 0.05) is 24.5 Å². The minimum Gasteiger partial charge on any atom is -0.481 e. The van der Waals surface area contributed by atoms with Gasteiger partial charge in [-0.3, -0.25) is 0 Å². The van der Waals surface area contributed by atoms with E-state index in [0.717, 1.165) is 16.9 Å². The summed E-state index contributed by atoms with van der Waals surface area (Å²) in [5.41, 5.74) is 2.96. The number of anilines is 1. The fourth-order valence-corrected chi connectivity index (χ4v) is 1.88. The van der Waals surface area contributed by atoms with Gasteiger partial charge in [-0.2, -0.15) is 0 Å². The molecule has 2 aromatic heterocycles. The highest BCUT2D eigenvalue weighted by Crippen LogP contribution is 2.15. The van der Waals surface area contributed by atoms with Crippen molar-refractivity contribution in [3.05, 3.63) is 54.5 Å². The number of aromatic nitrogens is 5. The Morgan fingerprint density at radius 3 is 2.90 bits per heavy atom. The molecule has 0 amide bonds. The molecule has 0 fully saturated rings. The molecule has 0 radical (unpaired) electrons. The number of hydrogen-bond acceptors (Lipinski definition) is 6. The van der Waals surface area contributed by atoms with Gasteiger partial charge in [-0.25, -0.2) is 9.67 Å². The molecule has 1 aromatic carbocycles. The number of methoxy groups -OCH3 is 1. The van der Waals surface area contributed by atoms with Crippen LogP contribution >= 0.6 is 0 Å². The largest absolute Gasteiger partial charge is 0.481 e. The molecule has 7 heteroatoms. The number of pyridine rings is 1. The molecule has 0 unspecified atom stereocenters. The molecule has 0 aliphatic heterocycles. The number of tetrazole rings is 1. The van der Waals surface area contributed by atoms with E-state index in [-0.39, 0.29) is 0 Å². The van der Waals surface area contributed by atoms with Crippen LogP contribution < -0.4 is 10.1 Å². The summed E-state index contributed by atoms with van der Waals surface area (Å²) in [6.45, 7) is 0.677. The van der Waals surface area contributed by atoms with Gasteiger partial charge in [0.1, 0.15) is 6.33 Å². The van der Waals surface area contributed by atoms with Crippen LogP contribution in [0.15, 0.2) is 48.9 Å². The fourth-order valence-electron chi connectivity index (χ4n) is 1.88. The monoisotopic (exact) mass is 282 g/mol. The molecule has 21 heavy (non-hydrogen) atoms. The van der Waals surface area contributed by atoms with Crippen LogP contribution in [0, 0.1) is 0 Å². The zero-order chi connectivity index (χ0) is 14.5. The van der Waals surface area contributed by atoms with Crippen molar-refractivity contribution in [2.24, 2.45) is 0 Å². The van der Waals surface area contributed by atoms with Gasteiger partial charge in [0.15, 0.2) is 0 Å². The first-order valence-corrected chi connectivity index (χ1v) is 6.41. The molecule has 2 heterocycles. The van der Waals surface area contributed by atoms with Crippen LogP contribution in [-0.2, 0) is 6.54 Å². The fraction of sp³-hybridized carbons (Fsp3) is 0.143. The van der Waals surface area contributed by atoms with Crippen LogP contribution in [0.4, 0.5) is 5.69 Å². The molecule has 0 spiro atoms. The predicted octanol–water partition coefficient (Wildman–Crippen LogP) is 1.68. The molecule has 0 bridgehead atoms. The van der Waals surface area contributed by atoms with Crippen molar-refractivity contribution in [3.63, 3.8) is 0 Å². The molecule has 0 aliphatic carbocycles. The maximum Gasteiger partial charge on any atom is 0.212 e. The second-order valence-corrected chi connectivity index (χ2v) is 4.37. The minimum atomic E-state index is 0.611. The Morgan fingerprint density at radius 2 is 2.19 bits per heavy atom. The highest BCUT2D eigenvalue weighted by molar-refractivity contribution is 5.50. The molecule has 3 rings (SSSR count). The Bertz CT molecular complexity index is 696. The Labute approximate surface area is 121 Å². The van der Waals surface area contributed by atoms with Crippen LogP contribution in [-0.4, -0.2) is 32.3 Å². The summed E-state index contributed by atoms with van der Waals surface area (Å²) in [6.07, 6.45) is 3.35. The van der Waals surface area contributed by atoms with Gasteiger partial charge in [0.25, 0.3) is 0 Å². The zero-order valence-electron chi connectivity index (χ0n) is 11.5. The molecule has 0 atom stereocenters. The maximum absolute atomic E-state index is 5.04. The van der Waals surface area contributed by atoms with Gasteiger partial charge in [-0.15, -0.1) is 5.10 Å². The Hall–Kier alpha value is -2.96. The second kappa shape index (κ2) is 6.00. The average molecular weight is 282 g/mol. The quantitative estimate of drug-likeness (QED) is 0.767. The smallest absolute Gasteiger partial charge is 0.212 e. The Morgan fingerprint density at radius 1 is 1.24 bits per heavy atom. The lowest BCUT2D eigenvalue weighted by molar-refractivity contribution is 0.397. The highest BCUT2D eigenvalue weighted by Gasteiger charge is 2.00. The molecule has 7 nitrogen and oxygen atoms in total. The van der Waals surface area contributed by atoms with Crippen molar-refractivity contribution in [1.29, 1.82) is 0 Å². The first kappa shape index (κ1) is 13.0. The predicted molar refractivity (Wildman–Crippen MR) is 77.3 cm³/mol. The van der Waals surface area contributed by atoms with Crippen molar-refractivity contribution in [2.45, 2.75) is 6.54 Å². The van der Waals surface area contributed by atoms with Crippen molar-refractivity contribution in [3.8, 4) is 11.6 Å². The van der Waals surface area contributed by atoms with E-state index in [2.05, 4.69) is 25.8 Å². The summed E-state index contributed by atoms with van der Waals surface area (Å²) in [5.74, 6) is 0.611. The topological polar surface area (TPSA) is 77.8 Å². The molecule has 0 saturated heterocycles. The van der Waals surface area contributed by atoms with Crippen LogP contribution in [0.1, 0.15) is 5.56 Å². The minimum absolute atomic E-state index is 0.611. The molecule has 106 valence electrons. The Balaban J connectivity index is 1.68. The first-order valence-electron chi connectivity index (χ1n) is 6.41. The number of ether oxygens (including phenoxy) is 1. The second-order valence-electron chi connectivity index (χ2n) is 4.37. The third kappa shape index (κ3) is 3.14. The lowest BCUT2D eigenvalue weighted by Crippen LogP contribution is -2.02. The molecular formula is C14H14N6O. The summed E-state index contributed by atoms with van der Waals surface area (Å²) in [4.78, 5) is 4.17. The van der Waals surface area contributed by atoms with Gasteiger partial charge in [-0.05, 0) is 34.2 Å². The molecule has 0 saturated carbocycles. The summed E-state index contributed by atoms with van der Waals surface area (Å²) >= 11 is 0. The van der Waals surface area contributed by atoms with Crippen molar-refractivity contribution in [2.75, 3.05) is 12.4 Å². The SMILES string of the molecule is COc1ccc(CNc2cccc(-n3cnnn3)c2)cn1. The third-order valence-corrected chi connectivity index (χ3v) is 2.96. The van der Waals surface area contributed by atoms with E-state index < -0.39 is 0 Å². The van der Waals surface area contributed by atoms with E-state index >= 15 is 0 Å². The van der Waals surface area contributed by atoms with Crippen molar-refractivity contribution < 1.29 is 4.74 Å². The average Bonchev–Trinajstić information content (AvgIpc) is 3.08. The summed E-state index contributed by atoms with van der Waals surface area (Å²) in [6, 6.07) is 11.7. The standard InChI is InChI=1S/C14H14N6O/c1-21-14-6-5-11(9-16-14)8-15-12-3-2-4-13(7-12)20-10-17-18-19-20/h2-7,9-10,15H,8H2,1H3. The number of benzene rings is 1. The number of rotatable bonds is 5. The van der Waals surface area contributed by atoms with Crippen molar-refractivity contribution in [1.82, 2.24) is 25.2 Å². The molecule has 0 aliphatic rings. The zero-order valence-corrected chi connectivity index (χ0v) is 11.5. The number of nitrogens with zero attached hydrogens (tertiary/aromatic N) is 5. The van der Waals surface area contributed by atoms with Gasteiger partial charge in [0.05, 0.1) is 12.8 Å². The van der Waals surface area contributed by atoms with E-state index in [4.69, 9.17) is 4.74 Å². The summed E-state index contributed by atoms with van der Waals surface area (Å²) in [5, 5.41) is 14.5. The first-order chi connectivity index (χ1) is 10.3. The lowest BCUT2D eigenvalue weighted by Gasteiger charge is -2.08. The van der Waals surface area contributed by atoms with Crippen LogP contribution in [0.2, 0.25) is 0 Å². The number of hydrogen-bond donors (Lipinski definition) is 1. The van der Waals surface area contributed by atoms with Gasteiger partial charge in [-0.1, -0.05) is 12.1 Å². The summed E-state index contributed by atoms with van der Waals surface area (Å²) in [7, 11) is 1.60. The van der Waals surface area contributed by atoms with Gasteiger partial charge >= 0.3 is 0 Å². The lowest BCUT2D eigenvalue weighted by atomic mass is 10.2. The maximum atomic E-state index is 5.04. The van der Waals surface area contributed by atoms with E-state index in [1.807, 2.05) is 36.4 Å². The van der Waals surface area contributed by atoms with Crippen LogP contribution in [0.3, 0.4) is 0 Å². The normalized spacial score (nSPS) is 10.3. The van der Waals surface area contributed by atoms with Gasteiger partial charge < -0.3 is 10.1 Å². The van der Waals surface area contributed by atoms with Crippen LogP contribution in [0.5, 0.6) is 5.88 Å². The molecule has 3 aromatic rings. The Kier molecular flexibility index (Phi) is 3.72. The van der Waals surface area contributed by atoms with Crippen LogP contribution in [0.25, 0.3) is 5.69 Å². The molecule has 1 N–H and O–H groups in total. The van der Waals surface area contributed by atoms with Crippen molar-refractivity contribution >= 4 is 5.69 Å². The van der Waals surface area contributed by atoms with E-state index in [9.17, 15) is 0 Å². The highest BCUT2D eigenvalue weighted by atomic mass is 16.5. The van der Waals surface area contributed by atoms with Gasteiger partial charge in [0.2, 0.25) is 5.88 Å². The molecular weight excluding hydrogens is 268 g/mol. The summed E-state index contributed by atoms with van der Waals surface area (Å²) < 4.78 is 6.65. The third-order valence-electron chi connectivity index (χ3n) is 2.96. The van der Waals surface area contributed by atoms with E-state index in [1.54, 1.807) is 24.3 Å². The number of nitrogens with one attached hydrogen (secondary N) is 1.